The van der Waals surface area contributed by atoms with Crippen LogP contribution in [0.2, 0.25) is 0 Å². The fourth-order valence-corrected chi connectivity index (χ4v) is 3.12. The van der Waals surface area contributed by atoms with E-state index in [1.165, 1.54) is 28.3 Å². The number of amides is 1. The molecular formula is C21H22N2O5. The van der Waals surface area contributed by atoms with Crippen LogP contribution in [-0.2, 0) is 4.79 Å². The number of aromatic nitrogens is 1. The zero-order valence-corrected chi connectivity index (χ0v) is 16.4. The van der Waals surface area contributed by atoms with Crippen LogP contribution in [0.3, 0.4) is 0 Å². The van der Waals surface area contributed by atoms with Crippen LogP contribution < -0.4 is 19.5 Å². The monoisotopic (exact) mass is 382 g/mol. The molecule has 3 aromatic rings. The molecule has 0 saturated carbocycles. The van der Waals surface area contributed by atoms with E-state index in [-0.39, 0.29) is 17.4 Å². The Morgan fingerprint density at radius 1 is 1.00 bits per heavy atom. The van der Waals surface area contributed by atoms with E-state index in [1.54, 1.807) is 18.2 Å². The van der Waals surface area contributed by atoms with Crippen molar-refractivity contribution in [1.82, 2.24) is 4.98 Å². The number of pyridine rings is 1. The third-order valence-corrected chi connectivity index (χ3v) is 4.40. The standard InChI is InChI=1S/C21H22N2O5/c1-11-6-15(13-7-18(25)21(28-5)20(8-13)27-4)23-16-10-19(26-3)17(9-14(11)16)22-12(2)24/h6-10,25H,1-5H3,(H,22,24). The molecular weight excluding hydrogens is 360 g/mol. The van der Waals surface area contributed by atoms with E-state index in [0.717, 1.165) is 10.9 Å². The maximum absolute atomic E-state index is 11.5. The number of nitrogens with zero attached hydrogens (tertiary/aromatic N) is 1. The normalized spacial score (nSPS) is 10.6. The number of aryl methyl sites for hydroxylation is 1. The highest BCUT2D eigenvalue weighted by Gasteiger charge is 2.16. The molecule has 146 valence electrons. The number of ether oxygens (including phenoxy) is 3. The number of phenols is 1. The summed E-state index contributed by atoms with van der Waals surface area (Å²) in [5.41, 5.74) is 3.60. The van der Waals surface area contributed by atoms with Crippen LogP contribution in [0.1, 0.15) is 12.5 Å². The number of methoxy groups -OCH3 is 3. The van der Waals surface area contributed by atoms with Gasteiger partial charge in [-0.15, -0.1) is 0 Å². The largest absolute Gasteiger partial charge is 0.504 e. The van der Waals surface area contributed by atoms with Crippen LogP contribution >= 0.6 is 0 Å². The fraction of sp³-hybridized carbons (Fsp3) is 0.238. The summed E-state index contributed by atoms with van der Waals surface area (Å²) in [6, 6.07) is 8.87. The molecule has 1 amide bonds. The van der Waals surface area contributed by atoms with Gasteiger partial charge in [0.05, 0.1) is 38.2 Å². The summed E-state index contributed by atoms with van der Waals surface area (Å²) < 4.78 is 15.9. The number of hydrogen-bond acceptors (Lipinski definition) is 6. The van der Waals surface area contributed by atoms with Crippen LogP contribution in [-0.4, -0.2) is 37.3 Å². The van der Waals surface area contributed by atoms with Gasteiger partial charge in [0.2, 0.25) is 11.7 Å². The average Bonchev–Trinajstić information content (AvgIpc) is 2.66. The maximum atomic E-state index is 11.5. The number of phenolic OH excluding ortho intramolecular Hbond substituents is 1. The summed E-state index contributed by atoms with van der Waals surface area (Å²) in [5.74, 6) is 0.985. The van der Waals surface area contributed by atoms with E-state index in [9.17, 15) is 9.90 Å². The molecule has 28 heavy (non-hydrogen) atoms. The Morgan fingerprint density at radius 2 is 1.71 bits per heavy atom. The zero-order chi connectivity index (χ0) is 20.4. The molecule has 3 rings (SSSR count). The number of carbonyl (C=O) groups is 1. The fourth-order valence-electron chi connectivity index (χ4n) is 3.12. The first-order valence-corrected chi connectivity index (χ1v) is 8.60. The lowest BCUT2D eigenvalue weighted by molar-refractivity contribution is -0.114. The molecule has 0 aliphatic heterocycles. The quantitative estimate of drug-likeness (QED) is 0.696. The molecule has 0 aliphatic carbocycles. The van der Waals surface area contributed by atoms with Gasteiger partial charge in [-0.3, -0.25) is 4.79 Å². The first-order valence-electron chi connectivity index (χ1n) is 8.60. The number of carbonyl (C=O) groups excluding carboxylic acids is 1. The summed E-state index contributed by atoms with van der Waals surface area (Å²) >= 11 is 0. The average molecular weight is 382 g/mol. The minimum atomic E-state index is -0.180. The first-order chi connectivity index (χ1) is 13.4. The van der Waals surface area contributed by atoms with E-state index >= 15 is 0 Å². The van der Waals surface area contributed by atoms with Gasteiger partial charge in [-0.1, -0.05) is 0 Å². The SMILES string of the molecule is COc1cc2nc(-c3cc(O)c(OC)c(OC)c3)cc(C)c2cc1NC(C)=O. The van der Waals surface area contributed by atoms with Gasteiger partial charge in [-0.05, 0) is 36.8 Å². The Kier molecular flexibility index (Phi) is 5.26. The Morgan fingerprint density at radius 3 is 2.32 bits per heavy atom. The predicted octanol–water partition coefficient (Wildman–Crippen LogP) is 3.90. The summed E-state index contributed by atoms with van der Waals surface area (Å²) in [5, 5.41) is 13.9. The highest BCUT2D eigenvalue weighted by molar-refractivity contribution is 5.96. The zero-order valence-electron chi connectivity index (χ0n) is 16.4. The van der Waals surface area contributed by atoms with E-state index in [1.807, 2.05) is 19.1 Å². The Hall–Kier alpha value is -3.48. The maximum Gasteiger partial charge on any atom is 0.221 e. The topological polar surface area (TPSA) is 89.9 Å². The number of hydrogen-bond donors (Lipinski definition) is 2. The van der Waals surface area contributed by atoms with E-state index in [4.69, 9.17) is 19.2 Å². The Bertz CT molecular complexity index is 1060. The second-order valence-electron chi connectivity index (χ2n) is 6.31. The number of anilines is 1. The van der Waals surface area contributed by atoms with Crippen molar-refractivity contribution in [2.24, 2.45) is 0 Å². The van der Waals surface area contributed by atoms with Gasteiger partial charge in [0.15, 0.2) is 11.5 Å². The first kappa shape index (κ1) is 19.3. The second kappa shape index (κ2) is 7.64. The lowest BCUT2D eigenvalue weighted by atomic mass is 10.0. The summed E-state index contributed by atoms with van der Waals surface area (Å²) in [4.78, 5) is 16.2. The van der Waals surface area contributed by atoms with Gasteiger partial charge in [0.25, 0.3) is 0 Å². The molecule has 0 bridgehead atoms. The lowest BCUT2D eigenvalue weighted by Gasteiger charge is -2.14. The van der Waals surface area contributed by atoms with Crippen molar-refractivity contribution in [2.75, 3.05) is 26.6 Å². The Labute approximate surface area is 162 Å². The number of rotatable bonds is 5. The minimum Gasteiger partial charge on any atom is -0.504 e. The van der Waals surface area contributed by atoms with Crippen molar-refractivity contribution in [3.05, 3.63) is 35.9 Å². The molecule has 0 unspecified atom stereocenters. The highest BCUT2D eigenvalue weighted by Crippen LogP contribution is 2.41. The van der Waals surface area contributed by atoms with Crippen LogP contribution in [0.25, 0.3) is 22.2 Å². The van der Waals surface area contributed by atoms with Crippen molar-refractivity contribution in [2.45, 2.75) is 13.8 Å². The van der Waals surface area contributed by atoms with Crippen molar-refractivity contribution in [3.8, 4) is 34.3 Å². The van der Waals surface area contributed by atoms with Crippen LogP contribution in [0, 0.1) is 6.92 Å². The molecule has 1 heterocycles. The molecule has 2 aromatic carbocycles. The van der Waals surface area contributed by atoms with Crippen LogP contribution in [0.5, 0.6) is 23.0 Å². The van der Waals surface area contributed by atoms with Gasteiger partial charge < -0.3 is 24.6 Å². The van der Waals surface area contributed by atoms with Gasteiger partial charge in [-0.2, -0.15) is 0 Å². The smallest absolute Gasteiger partial charge is 0.221 e. The summed E-state index contributed by atoms with van der Waals surface area (Å²) in [7, 11) is 4.51. The molecule has 0 aliphatic rings. The van der Waals surface area contributed by atoms with Gasteiger partial charge >= 0.3 is 0 Å². The molecule has 0 fully saturated rings. The highest BCUT2D eigenvalue weighted by atomic mass is 16.5. The molecule has 2 N–H and O–H groups in total. The molecule has 1 aromatic heterocycles. The third kappa shape index (κ3) is 3.51. The van der Waals surface area contributed by atoms with E-state index < -0.39 is 0 Å². The predicted molar refractivity (Wildman–Crippen MR) is 108 cm³/mol. The number of benzene rings is 2. The second-order valence-corrected chi connectivity index (χ2v) is 6.31. The Balaban J connectivity index is 2.19. The molecule has 0 atom stereocenters. The third-order valence-electron chi connectivity index (χ3n) is 4.40. The number of aromatic hydroxyl groups is 1. The molecule has 7 heteroatoms. The van der Waals surface area contributed by atoms with Gasteiger partial charge in [0, 0.05) is 23.9 Å². The van der Waals surface area contributed by atoms with Crippen molar-refractivity contribution in [1.29, 1.82) is 0 Å². The van der Waals surface area contributed by atoms with Gasteiger partial charge in [0.1, 0.15) is 5.75 Å². The van der Waals surface area contributed by atoms with Crippen molar-refractivity contribution in [3.63, 3.8) is 0 Å². The van der Waals surface area contributed by atoms with E-state index in [0.29, 0.717) is 34.0 Å². The molecule has 0 saturated heterocycles. The number of nitrogens with one attached hydrogen (secondary N) is 1. The summed E-state index contributed by atoms with van der Waals surface area (Å²) in [6.07, 6.45) is 0. The molecule has 7 nitrogen and oxygen atoms in total. The lowest BCUT2D eigenvalue weighted by Crippen LogP contribution is -2.07. The van der Waals surface area contributed by atoms with Gasteiger partial charge in [-0.25, -0.2) is 4.98 Å². The molecule has 0 radical (unpaired) electrons. The van der Waals surface area contributed by atoms with Crippen LogP contribution in [0.15, 0.2) is 30.3 Å². The van der Waals surface area contributed by atoms with Crippen LogP contribution in [0.4, 0.5) is 5.69 Å². The number of fused-ring (bicyclic) bond motifs is 1. The van der Waals surface area contributed by atoms with Crippen molar-refractivity contribution < 1.29 is 24.1 Å². The van der Waals surface area contributed by atoms with Crippen molar-refractivity contribution >= 4 is 22.5 Å². The molecule has 0 spiro atoms. The van der Waals surface area contributed by atoms with E-state index in [2.05, 4.69) is 5.32 Å². The summed E-state index contributed by atoms with van der Waals surface area (Å²) in [6.45, 7) is 3.40. The minimum absolute atomic E-state index is 0.0324.